The summed E-state index contributed by atoms with van der Waals surface area (Å²) in [5.74, 6) is 0. The summed E-state index contributed by atoms with van der Waals surface area (Å²) < 4.78 is 2.52. The molecule has 0 saturated carbocycles. The molecule has 2 aliphatic carbocycles. The molecule has 4 aliphatic rings. The van der Waals surface area contributed by atoms with Gasteiger partial charge < -0.3 is 14.4 Å². The highest BCUT2D eigenvalue weighted by Gasteiger charge is 2.54. The summed E-state index contributed by atoms with van der Waals surface area (Å²) in [6.07, 6.45) is 0. The van der Waals surface area contributed by atoms with E-state index in [1.165, 1.54) is 150 Å². The van der Waals surface area contributed by atoms with Gasteiger partial charge in [-0.3, -0.25) is 0 Å². The number of benzene rings is 14. The topological polar surface area (TPSA) is 11.4 Å². The zero-order chi connectivity index (χ0) is 68.4. The van der Waals surface area contributed by atoms with Gasteiger partial charge in [-0.1, -0.05) is 305 Å². The van der Waals surface area contributed by atoms with Gasteiger partial charge in [-0.05, 0) is 183 Å². The van der Waals surface area contributed by atoms with E-state index in [2.05, 4.69) is 386 Å². The molecule has 4 heteroatoms. The first-order chi connectivity index (χ1) is 49.0. The predicted octanol–water partition coefficient (Wildman–Crippen LogP) is 23.8. The highest BCUT2D eigenvalue weighted by atomic mass is 15.2. The number of aromatic nitrogens is 1. The van der Waals surface area contributed by atoms with Crippen molar-refractivity contribution in [3.63, 3.8) is 0 Å². The number of fused-ring (bicyclic) bond motifs is 17. The van der Waals surface area contributed by atoms with Crippen LogP contribution in [0, 0.1) is 0 Å². The van der Waals surface area contributed by atoms with Gasteiger partial charge in [0.2, 0.25) is 0 Å². The Morgan fingerprint density at radius 1 is 0.267 bits per heavy atom. The van der Waals surface area contributed by atoms with Gasteiger partial charge in [-0.25, -0.2) is 0 Å². The van der Waals surface area contributed by atoms with Gasteiger partial charge >= 0.3 is 0 Å². The summed E-state index contributed by atoms with van der Waals surface area (Å²) in [7, 11) is 0. The molecule has 2 aliphatic heterocycles. The number of para-hydroxylation sites is 2. The van der Waals surface area contributed by atoms with Gasteiger partial charge in [-0.15, -0.1) is 0 Å². The Morgan fingerprint density at radius 2 is 0.614 bits per heavy atom. The maximum atomic E-state index is 2.77. The van der Waals surface area contributed by atoms with Crippen molar-refractivity contribution in [1.82, 2.24) is 4.57 Å². The molecular formula is C97H78BN3. The van der Waals surface area contributed by atoms with E-state index in [9.17, 15) is 0 Å². The van der Waals surface area contributed by atoms with E-state index < -0.39 is 5.41 Å². The summed E-state index contributed by atoms with van der Waals surface area (Å²) in [5.41, 5.74) is 36.6. The average molecular weight is 1300 g/mol. The van der Waals surface area contributed by atoms with E-state index in [1.54, 1.807) is 0 Å². The zero-order valence-electron chi connectivity index (χ0n) is 58.9. The van der Waals surface area contributed by atoms with Crippen molar-refractivity contribution in [3.05, 3.63) is 348 Å². The highest BCUT2D eigenvalue weighted by molar-refractivity contribution is 7.00. The van der Waals surface area contributed by atoms with E-state index in [4.69, 9.17) is 0 Å². The second kappa shape index (κ2) is 22.3. The van der Waals surface area contributed by atoms with Crippen molar-refractivity contribution in [2.24, 2.45) is 0 Å². The third-order valence-corrected chi connectivity index (χ3v) is 22.6. The number of hydrogen-bond acceptors (Lipinski definition) is 2. The molecule has 0 bridgehead atoms. The van der Waals surface area contributed by atoms with Crippen LogP contribution in [0.5, 0.6) is 0 Å². The van der Waals surface area contributed by atoms with Crippen LogP contribution in [0.1, 0.15) is 101 Å². The van der Waals surface area contributed by atoms with Gasteiger partial charge in [0, 0.05) is 61.5 Å². The van der Waals surface area contributed by atoms with Crippen LogP contribution in [-0.4, -0.2) is 11.3 Å². The summed E-state index contributed by atoms with van der Waals surface area (Å²) in [4.78, 5) is 5.53. The Morgan fingerprint density at radius 3 is 1.02 bits per heavy atom. The first-order valence-electron chi connectivity index (χ1n) is 36.0. The van der Waals surface area contributed by atoms with Gasteiger partial charge in [0.25, 0.3) is 6.71 Å². The molecule has 0 radical (unpaired) electrons. The molecule has 1 spiro atoms. The number of nitrogens with zero attached hydrogens (tertiary/aromatic N) is 3. The van der Waals surface area contributed by atoms with Gasteiger partial charge in [0.05, 0.1) is 27.8 Å². The van der Waals surface area contributed by atoms with Gasteiger partial charge in [-0.2, -0.15) is 0 Å². The SMILES string of the molecule is CC(C)(C)c1cc(-c2ccccc2)c(N2c3cc(-n4c5ccccc5c5ccccc54)ccc3B3c4cc5c(cc4N(c4c(-c6ccccc6)cc(C(C)(C)C)cc4-c4ccccc4)c4cc(C(C)(C)C)cc2c43)-c2ccccc2C52c3ccccc3-c3ccccc32)c(-c2ccccc2)c1. The Hall–Kier alpha value is -11.5. The van der Waals surface area contributed by atoms with Crippen molar-refractivity contribution < 1.29 is 0 Å². The standard InChI is InChI=1S/C97H78BN3/c1-94(2,3)65-52-74(61-32-14-10-15-33-61)92(75(53-65)62-34-16-11-17-35-62)100-87-58-68(99-85-48-30-25-43-72(85)73-44-26-31-49-86(73)99)50-51-83(87)98-84-60-82-78(71-42-24-29-47-81(71)97(82)79-45-27-22-40-69(79)70-41-23-28-46-80(70)97)59-88(84)101(90-57-67(96(7,8)9)56-89(100)91(90)98)93-76(63-36-18-12-19-37-63)54-66(95(4,5)6)55-77(93)64-38-20-13-21-39-64/h10-60H,1-9H3. The van der Waals surface area contributed by atoms with Crippen LogP contribution < -0.4 is 26.2 Å². The van der Waals surface area contributed by atoms with Crippen molar-refractivity contribution in [3.8, 4) is 72.4 Å². The summed E-state index contributed by atoms with van der Waals surface area (Å²) >= 11 is 0. The molecule has 101 heavy (non-hydrogen) atoms. The fraction of sp³-hybridized carbons (Fsp3) is 0.134. The molecule has 0 unspecified atom stereocenters. The molecule has 0 saturated heterocycles. The lowest BCUT2D eigenvalue weighted by Gasteiger charge is -2.47. The first kappa shape index (κ1) is 60.7. The van der Waals surface area contributed by atoms with Crippen LogP contribution in [0.4, 0.5) is 34.1 Å². The minimum atomic E-state index is -0.606. The Labute approximate surface area is 594 Å². The molecule has 3 nitrogen and oxygen atoms in total. The molecule has 0 N–H and O–H groups in total. The average Bonchev–Trinajstić information content (AvgIpc) is 1.60. The smallest absolute Gasteiger partial charge is 0.252 e. The Bertz CT molecular complexity index is 5680. The Balaban J connectivity index is 1.03. The monoisotopic (exact) mass is 1300 g/mol. The maximum absolute atomic E-state index is 2.77. The lowest BCUT2D eigenvalue weighted by atomic mass is 9.33. The fourth-order valence-electron chi connectivity index (χ4n) is 17.8. The summed E-state index contributed by atoms with van der Waals surface area (Å²) in [6, 6.07) is 119. The Kier molecular flexibility index (Phi) is 13.4. The van der Waals surface area contributed by atoms with E-state index >= 15 is 0 Å². The predicted molar refractivity (Wildman–Crippen MR) is 429 cm³/mol. The summed E-state index contributed by atoms with van der Waals surface area (Å²) in [5, 5.41) is 2.47. The van der Waals surface area contributed by atoms with E-state index in [-0.39, 0.29) is 23.0 Å². The third-order valence-electron chi connectivity index (χ3n) is 22.6. The van der Waals surface area contributed by atoms with Crippen LogP contribution in [0.25, 0.3) is 94.3 Å². The van der Waals surface area contributed by atoms with E-state index in [0.29, 0.717) is 0 Å². The first-order valence-corrected chi connectivity index (χ1v) is 36.0. The number of anilines is 6. The molecule has 0 amide bonds. The second-order valence-electron chi connectivity index (χ2n) is 31.5. The van der Waals surface area contributed by atoms with Crippen molar-refractivity contribution in [2.45, 2.75) is 84.0 Å². The molecule has 484 valence electrons. The normalized spacial score (nSPS) is 13.8. The molecule has 14 aromatic carbocycles. The number of hydrogen-bond donors (Lipinski definition) is 0. The van der Waals surface area contributed by atoms with Crippen LogP contribution in [-0.2, 0) is 21.7 Å². The van der Waals surface area contributed by atoms with Crippen LogP contribution >= 0.6 is 0 Å². The van der Waals surface area contributed by atoms with Crippen molar-refractivity contribution >= 4 is 79.0 Å². The highest BCUT2D eigenvalue weighted by Crippen LogP contribution is 2.64. The minimum absolute atomic E-state index is 0.188. The molecular weight excluding hydrogens is 1220 g/mol. The lowest BCUT2D eigenvalue weighted by molar-refractivity contribution is 0.590. The molecule has 15 aromatic rings. The maximum Gasteiger partial charge on any atom is 0.252 e. The van der Waals surface area contributed by atoms with Crippen LogP contribution in [0.3, 0.4) is 0 Å². The molecule has 3 heterocycles. The minimum Gasteiger partial charge on any atom is -0.310 e. The third kappa shape index (κ3) is 9.06. The largest absolute Gasteiger partial charge is 0.310 e. The van der Waals surface area contributed by atoms with Crippen LogP contribution in [0.15, 0.2) is 309 Å². The molecule has 19 rings (SSSR count). The summed E-state index contributed by atoms with van der Waals surface area (Å²) in [6.45, 7) is 21.2. The molecule has 0 fully saturated rings. The van der Waals surface area contributed by atoms with E-state index in [1.807, 2.05) is 0 Å². The second-order valence-corrected chi connectivity index (χ2v) is 31.5. The van der Waals surface area contributed by atoms with E-state index in [0.717, 1.165) is 33.9 Å². The van der Waals surface area contributed by atoms with Crippen molar-refractivity contribution in [2.75, 3.05) is 9.80 Å². The van der Waals surface area contributed by atoms with Gasteiger partial charge in [0.1, 0.15) is 0 Å². The molecule has 0 atom stereocenters. The quantitative estimate of drug-likeness (QED) is 0.147. The van der Waals surface area contributed by atoms with Crippen LogP contribution in [0.2, 0.25) is 0 Å². The fourth-order valence-corrected chi connectivity index (χ4v) is 17.8. The zero-order valence-corrected chi connectivity index (χ0v) is 58.9. The lowest BCUT2D eigenvalue weighted by Crippen LogP contribution is -2.61. The van der Waals surface area contributed by atoms with Gasteiger partial charge in [0.15, 0.2) is 0 Å². The van der Waals surface area contributed by atoms with Crippen molar-refractivity contribution in [1.29, 1.82) is 0 Å². The number of rotatable bonds is 7. The molecule has 1 aromatic heterocycles.